The Bertz CT molecular complexity index is 261. The van der Waals surface area contributed by atoms with E-state index >= 15 is 0 Å². The third-order valence-electron chi connectivity index (χ3n) is 1.67. The Balaban J connectivity index is 4.61. The van der Waals surface area contributed by atoms with Crippen molar-refractivity contribution >= 4 is 13.4 Å². The molecule has 88 valence electrons. The lowest BCUT2D eigenvalue weighted by Gasteiger charge is -2.18. The number of allylic oxidation sites excluding steroid dienone is 1. The quantitative estimate of drug-likeness (QED) is 0.478. The summed E-state index contributed by atoms with van der Waals surface area (Å²) in [6.07, 6.45) is 1.43. The molecule has 0 fully saturated rings. The third-order valence-corrected chi connectivity index (χ3v) is 3.69. The number of hydrogen-bond acceptors (Lipinski definition) is 4. The van der Waals surface area contributed by atoms with Gasteiger partial charge in [0.2, 0.25) is 0 Å². The molecule has 0 radical (unpaired) electrons. The molecule has 4 nitrogen and oxygen atoms in total. The predicted octanol–water partition coefficient (Wildman–Crippen LogP) is 3.14. The van der Waals surface area contributed by atoms with Gasteiger partial charge in [0.25, 0.3) is 0 Å². The molecule has 5 heteroatoms. The number of ketones is 1. The predicted molar refractivity (Wildman–Crippen MR) is 59.9 cm³/mol. The van der Waals surface area contributed by atoms with Crippen LogP contribution in [0.4, 0.5) is 0 Å². The van der Waals surface area contributed by atoms with E-state index in [2.05, 4.69) is 6.58 Å². The maximum atomic E-state index is 12.1. The van der Waals surface area contributed by atoms with Crippen molar-refractivity contribution in [2.45, 2.75) is 33.6 Å². The molecule has 0 atom stereocenters. The molecular weight excluding hydrogens is 215 g/mol. The second-order valence-corrected chi connectivity index (χ2v) is 5.22. The molecule has 0 spiro atoms. The Morgan fingerprint density at radius 2 is 1.60 bits per heavy atom. The summed E-state index contributed by atoms with van der Waals surface area (Å²) < 4.78 is 22.3. The van der Waals surface area contributed by atoms with Crippen LogP contribution in [0, 0.1) is 0 Å². The summed E-state index contributed by atoms with van der Waals surface area (Å²) in [4.78, 5) is 11.1. The first-order chi connectivity index (χ1) is 6.98. The van der Waals surface area contributed by atoms with Gasteiger partial charge in [0.05, 0.1) is 18.5 Å². The van der Waals surface area contributed by atoms with Gasteiger partial charge < -0.3 is 9.05 Å². The third kappa shape index (κ3) is 4.74. The maximum Gasteiger partial charge on any atom is 0.364 e. The Morgan fingerprint density at radius 1 is 1.20 bits per heavy atom. The first-order valence-corrected chi connectivity index (χ1v) is 6.61. The van der Waals surface area contributed by atoms with Gasteiger partial charge in [0, 0.05) is 0 Å². The van der Waals surface area contributed by atoms with Gasteiger partial charge >= 0.3 is 7.60 Å². The van der Waals surface area contributed by atoms with Crippen LogP contribution in [0.15, 0.2) is 11.9 Å². The van der Waals surface area contributed by atoms with E-state index in [9.17, 15) is 9.36 Å². The van der Waals surface area contributed by atoms with Crippen LogP contribution in [0.3, 0.4) is 0 Å². The van der Waals surface area contributed by atoms with Gasteiger partial charge in [0.1, 0.15) is 0 Å². The zero-order valence-corrected chi connectivity index (χ0v) is 10.5. The van der Waals surface area contributed by atoms with Crippen molar-refractivity contribution in [1.29, 1.82) is 0 Å². The summed E-state index contributed by atoms with van der Waals surface area (Å²) in [5.74, 6) is -0.356. The van der Waals surface area contributed by atoms with Gasteiger partial charge in [-0.1, -0.05) is 20.4 Å². The lowest BCUT2D eigenvalue weighted by molar-refractivity contribution is -0.113. The Kier molecular flexibility index (Phi) is 6.73. The van der Waals surface area contributed by atoms with Crippen molar-refractivity contribution in [2.75, 3.05) is 13.2 Å². The van der Waals surface area contributed by atoms with Crippen LogP contribution in [-0.4, -0.2) is 19.0 Å². The van der Waals surface area contributed by atoms with Crippen LogP contribution >= 0.6 is 7.60 Å². The first-order valence-electron chi connectivity index (χ1n) is 5.07. The van der Waals surface area contributed by atoms with E-state index in [-0.39, 0.29) is 11.1 Å². The summed E-state index contributed by atoms with van der Waals surface area (Å²) >= 11 is 0. The minimum atomic E-state index is -3.44. The zero-order chi connectivity index (χ0) is 11.9. The van der Waals surface area contributed by atoms with E-state index in [1.54, 1.807) is 0 Å². The fourth-order valence-electron chi connectivity index (χ4n) is 0.809. The Morgan fingerprint density at radius 3 is 1.87 bits per heavy atom. The topological polar surface area (TPSA) is 52.6 Å². The minimum Gasteiger partial charge on any atom is -0.305 e. The molecule has 0 saturated carbocycles. The molecular formula is C10H19O4P. The van der Waals surface area contributed by atoms with Crippen molar-refractivity contribution in [3.63, 3.8) is 0 Å². The molecule has 0 aromatic heterocycles. The van der Waals surface area contributed by atoms with E-state index in [0.29, 0.717) is 26.1 Å². The molecule has 0 unspecified atom stereocenters. The number of rotatable bonds is 8. The monoisotopic (exact) mass is 234 g/mol. The normalized spacial score (nSPS) is 11.4. The van der Waals surface area contributed by atoms with Gasteiger partial charge in [-0.2, -0.15) is 0 Å². The summed E-state index contributed by atoms with van der Waals surface area (Å²) in [7, 11) is -3.44. The van der Waals surface area contributed by atoms with E-state index in [1.165, 1.54) is 6.92 Å². The molecule has 0 saturated heterocycles. The van der Waals surface area contributed by atoms with E-state index < -0.39 is 7.60 Å². The smallest absolute Gasteiger partial charge is 0.305 e. The highest BCUT2D eigenvalue weighted by Crippen LogP contribution is 2.55. The lowest BCUT2D eigenvalue weighted by atomic mass is 10.4. The molecule has 0 N–H and O–H groups in total. The fourth-order valence-corrected chi connectivity index (χ4v) is 2.43. The van der Waals surface area contributed by atoms with E-state index in [1.807, 2.05) is 13.8 Å². The molecule has 0 aliphatic rings. The van der Waals surface area contributed by atoms with E-state index in [0.717, 1.165) is 0 Å². The van der Waals surface area contributed by atoms with Gasteiger partial charge in [0.15, 0.2) is 5.78 Å². The summed E-state index contributed by atoms with van der Waals surface area (Å²) in [6.45, 7) is 9.15. The van der Waals surface area contributed by atoms with Gasteiger partial charge in [-0.3, -0.25) is 9.36 Å². The Hall–Kier alpha value is -0.440. The molecule has 15 heavy (non-hydrogen) atoms. The number of carbonyl (C=O) groups excluding carboxylic acids is 1. The molecule has 0 rings (SSSR count). The molecule has 0 heterocycles. The van der Waals surface area contributed by atoms with Crippen molar-refractivity contribution in [3.8, 4) is 0 Å². The molecule has 0 aromatic rings. The summed E-state index contributed by atoms with van der Waals surface area (Å²) in [5, 5.41) is -0.0654. The van der Waals surface area contributed by atoms with Crippen molar-refractivity contribution < 1.29 is 18.4 Å². The Labute approximate surface area is 91.2 Å². The number of carbonyl (C=O) groups is 1. The molecule has 0 bridgehead atoms. The summed E-state index contributed by atoms with van der Waals surface area (Å²) in [5.41, 5.74) is 0. The second-order valence-electron chi connectivity index (χ2n) is 3.17. The number of Topliss-reactive ketones (excluding diaryl/α,β-unsaturated/α-hetero) is 1. The van der Waals surface area contributed by atoms with Crippen LogP contribution in [0.5, 0.6) is 0 Å². The van der Waals surface area contributed by atoms with Crippen LogP contribution in [-0.2, 0) is 18.4 Å². The SMILES string of the molecule is C=C(C(C)=O)P(=O)(OCCC)OCCC. The maximum absolute atomic E-state index is 12.1. The standard InChI is InChI=1S/C10H19O4P/c1-5-7-13-15(12,14-8-6-2)10(4)9(3)11/h4-8H2,1-3H3. The average molecular weight is 234 g/mol. The molecule has 0 aliphatic carbocycles. The van der Waals surface area contributed by atoms with Crippen LogP contribution in [0.25, 0.3) is 0 Å². The summed E-state index contributed by atoms with van der Waals surface area (Å²) in [6, 6.07) is 0. The van der Waals surface area contributed by atoms with Crippen molar-refractivity contribution in [3.05, 3.63) is 11.9 Å². The second kappa shape index (κ2) is 6.94. The average Bonchev–Trinajstić information content (AvgIpc) is 2.22. The zero-order valence-electron chi connectivity index (χ0n) is 9.62. The number of hydrogen-bond donors (Lipinski definition) is 0. The molecule has 0 amide bonds. The minimum absolute atomic E-state index is 0.0654. The van der Waals surface area contributed by atoms with Gasteiger partial charge in [-0.25, -0.2) is 0 Å². The highest BCUT2D eigenvalue weighted by atomic mass is 31.2. The lowest BCUT2D eigenvalue weighted by Crippen LogP contribution is -2.05. The highest BCUT2D eigenvalue weighted by Gasteiger charge is 2.31. The van der Waals surface area contributed by atoms with Crippen molar-refractivity contribution in [1.82, 2.24) is 0 Å². The van der Waals surface area contributed by atoms with Crippen LogP contribution in [0.1, 0.15) is 33.6 Å². The van der Waals surface area contributed by atoms with Crippen LogP contribution < -0.4 is 0 Å². The van der Waals surface area contributed by atoms with Crippen molar-refractivity contribution in [2.24, 2.45) is 0 Å². The largest absolute Gasteiger partial charge is 0.364 e. The van der Waals surface area contributed by atoms with Gasteiger partial charge in [-0.15, -0.1) is 0 Å². The van der Waals surface area contributed by atoms with E-state index in [4.69, 9.17) is 9.05 Å². The first kappa shape index (κ1) is 14.6. The highest BCUT2D eigenvalue weighted by molar-refractivity contribution is 7.59. The fraction of sp³-hybridized carbons (Fsp3) is 0.700. The van der Waals surface area contributed by atoms with Crippen LogP contribution in [0.2, 0.25) is 0 Å². The molecule has 0 aliphatic heterocycles. The van der Waals surface area contributed by atoms with Gasteiger partial charge in [-0.05, 0) is 19.8 Å². The molecule has 0 aromatic carbocycles.